The lowest BCUT2D eigenvalue weighted by molar-refractivity contribution is -0.119. The molecule has 0 heterocycles. The molecule has 1 saturated carbocycles. The van der Waals surface area contributed by atoms with Gasteiger partial charge in [0.2, 0.25) is 5.91 Å². The third-order valence-electron chi connectivity index (χ3n) is 2.38. The van der Waals surface area contributed by atoms with Crippen molar-refractivity contribution in [3.05, 3.63) is 29.6 Å². The molecule has 6 heteroatoms. The van der Waals surface area contributed by atoms with Crippen molar-refractivity contribution in [1.82, 2.24) is 5.32 Å². The Hall–Kier alpha value is -1.72. The first kappa shape index (κ1) is 11.8. The number of halogens is 3. The average Bonchev–Trinajstić information content (AvgIpc) is 2.99. The van der Waals surface area contributed by atoms with Crippen molar-refractivity contribution in [3.63, 3.8) is 0 Å². The van der Waals surface area contributed by atoms with Crippen LogP contribution >= 0.6 is 0 Å². The topological polar surface area (TPSA) is 41.1 Å². The summed E-state index contributed by atoms with van der Waals surface area (Å²) in [6, 6.07) is 1.31. The van der Waals surface area contributed by atoms with Crippen LogP contribution in [0.1, 0.15) is 12.8 Å². The molecule has 0 unspecified atom stereocenters. The van der Waals surface area contributed by atoms with Gasteiger partial charge in [-0.2, -0.15) is 0 Å². The van der Waals surface area contributed by atoms with Crippen molar-refractivity contribution in [2.24, 2.45) is 0 Å². The molecule has 1 fully saturated rings. The largest absolute Gasteiger partial charge is 0.371 e. The van der Waals surface area contributed by atoms with Crippen LogP contribution in [-0.4, -0.2) is 18.5 Å². The van der Waals surface area contributed by atoms with E-state index in [2.05, 4.69) is 10.6 Å². The van der Waals surface area contributed by atoms with Gasteiger partial charge in [-0.05, 0) is 12.8 Å². The monoisotopic (exact) mass is 244 g/mol. The third kappa shape index (κ3) is 3.12. The molecule has 92 valence electrons. The van der Waals surface area contributed by atoms with Crippen LogP contribution in [-0.2, 0) is 4.79 Å². The third-order valence-corrected chi connectivity index (χ3v) is 2.38. The average molecular weight is 244 g/mol. The van der Waals surface area contributed by atoms with Gasteiger partial charge in [0.25, 0.3) is 0 Å². The standard InChI is InChI=1S/C11H11F3N2O/c12-6-3-8(13)11(9(14)4-6)15-5-10(17)16-7-1-2-7/h3-4,7,15H,1-2,5H2,(H,16,17). The molecule has 0 aromatic heterocycles. The van der Waals surface area contributed by atoms with Crippen molar-refractivity contribution in [2.75, 3.05) is 11.9 Å². The van der Waals surface area contributed by atoms with Gasteiger partial charge in [-0.25, -0.2) is 13.2 Å². The van der Waals surface area contributed by atoms with E-state index in [0.717, 1.165) is 12.8 Å². The Labute approximate surface area is 96.0 Å². The van der Waals surface area contributed by atoms with E-state index in [1.54, 1.807) is 0 Å². The van der Waals surface area contributed by atoms with Crippen LogP contribution in [0.3, 0.4) is 0 Å². The van der Waals surface area contributed by atoms with Gasteiger partial charge in [0, 0.05) is 18.2 Å². The first-order valence-corrected chi connectivity index (χ1v) is 5.24. The van der Waals surface area contributed by atoms with Crippen LogP contribution < -0.4 is 10.6 Å². The Bertz CT molecular complexity index is 423. The normalized spacial score (nSPS) is 14.5. The van der Waals surface area contributed by atoms with Gasteiger partial charge in [0.15, 0.2) is 11.6 Å². The lowest BCUT2D eigenvalue weighted by Crippen LogP contribution is -2.31. The molecule has 0 saturated heterocycles. The van der Waals surface area contributed by atoms with Crippen molar-refractivity contribution in [1.29, 1.82) is 0 Å². The fourth-order valence-corrected chi connectivity index (χ4v) is 1.39. The van der Waals surface area contributed by atoms with Gasteiger partial charge in [-0.15, -0.1) is 0 Å². The predicted molar refractivity (Wildman–Crippen MR) is 56.0 cm³/mol. The van der Waals surface area contributed by atoms with E-state index in [1.165, 1.54) is 0 Å². The number of hydrogen-bond donors (Lipinski definition) is 2. The first-order valence-electron chi connectivity index (χ1n) is 5.24. The molecule has 0 aliphatic heterocycles. The summed E-state index contributed by atoms with van der Waals surface area (Å²) >= 11 is 0. The molecule has 1 aliphatic rings. The summed E-state index contributed by atoms with van der Waals surface area (Å²) in [4.78, 5) is 11.3. The molecule has 1 amide bonds. The minimum atomic E-state index is -1.05. The number of benzene rings is 1. The molecule has 2 N–H and O–H groups in total. The summed E-state index contributed by atoms with van der Waals surface area (Å²) in [5.41, 5.74) is -0.489. The number of carbonyl (C=O) groups excluding carboxylic acids is 1. The number of hydrogen-bond acceptors (Lipinski definition) is 2. The Kier molecular flexibility index (Phi) is 3.21. The smallest absolute Gasteiger partial charge is 0.239 e. The zero-order valence-electron chi connectivity index (χ0n) is 8.90. The molecule has 3 nitrogen and oxygen atoms in total. The lowest BCUT2D eigenvalue weighted by atomic mass is 10.2. The molecule has 1 aliphatic carbocycles. The van der Waals surface area contributed by atoms with E-state index in [-0.39, 0.29) is 18.5 Å². The Morgan fingerprint density at radius 1 is 1.24 bits per heavy atom. The van der Waals surface area contributed by atoms with E-state index in [1.807, 2.05) is 0 Å². The molecule has 1 aromatic carbocycles. The minimum absolute atomic E-state index is 0.187. The summed E-state index contributed by atoms with van der Waals surface area (Å²) in [6.45, 7) is -0.240. The Morgan fingerprint density at radius 2 is 1.82 bits per heavy atom. The van der Waals surface area contributed by atoms with Crippen molar-refractivity contribution in [3.8, 4) is 0 Å². The molecular weight excluding hydrogens is 233 g/mol. The van der Waals surface area contributed by atoms with Gasteiger partial charge in [0.1, 0.15) is 11.5 Å². The molecule has 17 heavy (non-hydrogen) atoms. The predicted octanol–water partition coefficient (Wildman–Crippen LogP) is 1.79. The highest BCUT2D eigenvalue weighted by molar-refractivity contribution is 5.81. The number of nitrogens with one attached hydrogen (secondary N) is 2. The molecule has 0 spiro atoms. The van der Waals surface area contributed by atoms with Crippen LogP contribution in [0.4, 0.5) is 18.9 Å². The first-order chi connectivity index (χ1) is 8.06. The summed E-state index contributed by atoms with van der Waals surface area (Å²) in [6.07, 6.45) is 1.87. The second kappa shape index (κ2) is 4.65. The highest BCUT2D eigenvalue weighted by Crippen LogP contribution is 2.20. The van der Waals surface area contributed by atoms with E-state index in [0.29, 0.717) is 12.1 Å². The summed E-state index contributed by atoms with van der Waals surface area (Å²) in [5, 5.41) is 4.97. The number of carbonyl (C=O) groups is 1. The summed E-state index contributed by atoms with van der Waals surface area (Å²) in [7, 11) is 0. The summed E-state index contributed by atoms with van der Waals surface area (Å²) < 4.78 is 38.9. The van der Waals surface area contributed by atoms with Gasteiger partial charge in [-0.1, -0.05) is 0 Å². The van der Waals surface area contributed by atoms with Crippen LogP contribution in [0.5, 0.6) is 0 Å². The van der Waals surface area contributed by atoms with Gasteiger partial charge < -0.3 is 10.6 Å². The van der Waals surface area contributed by atoms with E-state index < -0.39 is 23.1 Å². The number of rotatable bonds is 4. The maximum Gasteiger partial charge on any atom is 0.239 e. The van der Waals surface area contributed by atoms with Gasteiger partial charge >= 0.3 is 0 Å². The molecule has 1 aromatic rings. The Balaban J connectivity index is 1.95. The van der Waals surface area contributed by atoms with Crippen molar-refractivity contribution >= 4 is 11.6 Å². The van der Waals surface area contributed by atoms with Crippen molar-refractivity contribution < 1.29 is 18.0 Å². The summed E-state index contributed by atoms with van der Waals surface area (Å²) in [5.74, 6) is -3.44. The quantitative estimate of drug-likeness (QED) is 0.847. The van der Waals surface area contributed by atoms with Gasteiger partial charge in [0.05, 0.1) is 6.54 Å². The number of anilines is 1. The fourth-order valence-electron chi connectivity index (χ4n) is 1.39. The Morgan fingerprint density at radius 3 is 2.35 bits per heavy atom. The molecule has 0 bridgehead atoms. The zero-order valence-corrected chi connectivity index (χ0v) is 8.90. The maximum atomic E-state index is 13.2. The number of amides is 1. The second-order valence-electron chi connectivity index (χ2n) is 3.94. The lowest BCUT2D eigenvalue weighted by Gasteiger charge is -2.08. The second-order valence-corrected chi connectivity index (χ2v) is 3.94. The van der Waals surface area contributed by atoms with E-state index >= 15 is 0 Å². The highest BCUT2D eigenvalue weighted by atomic mass is 19.1. The van der Waals surface area contributed by atoms with Crippen molar-refractivity contribution in [2.45, 2.75) is 18.9 Å². The molecule has 0 atom stereocenters. The van der Waals surface area contributed by atoms with Gasteiger partial charge in [-0.3, -0.25) is 4.79 Å². The van der Waals surface area contributed by atoms with Crippen LogP contribution in [0.25, 0.3) is 0 Å². The van der Waals surface area contributed by atoms with E-state index in [9.17, 15) is 18.0 Å². The minimum Gasteiger partial charge on any atom is -0.371 e. The molecule has 0 radical (unpaired) electrons. The van der Waals surface area contributed by atoms with Crippen LogP contribution in [0, 0.1) is 17.5 Å². The molecular formula is C11H11F3N2O. The fraction of sp³-hybridized carbons (Fsp3) is 0.364. The zero-order chi connectivity index (χ0) is 12.4. The van der Waals surface area contributed by atoms with Crippen LogP contribution in [0.15, 0.2) is 12.1 Å². The van der Waals surface area contributed by atoms with Crippen LogP contribution in [0.2, 0.25) is 0 Å². The SMILES string of the molecule is O=C(CNc1c(F)cc(F)cc1F)NC1CC1. The molecule has 2 rings (SSSR count). The highest BCUT2D eigenvalue weighted by Gasteiger charge is 2.23. The van der Waals surface area contributed by atoms with E-state index in [4.69, 9.17) is 0 Å². The maximum absolute atomic E-state index is 13.2.